The van der Waals surface area contributed by atoms with Gasteiger partial charge in [0.2, 0.25) is 0 Å². The average molecular weight is 1950 g/mol. The number of hydrogen-bond acceptors (Lipinski definition) is 24. The van der Waals surface area contributed by atoms with E-state index in [-0.39, 0.29) is 56.0 Å². The third-order valence-electron chi connectivity index (χ3n) is 19.8. The van der Waals surface area contributed by atoms with Gasteiger partial charge in [-0.05, 0) is 50.5 Å². The maximum absolute atomic E-state index is 15.1. The lowest BCUT2D eigenvalue weighted by Crippen LogP contribution is -2.30. The zero-order valence-electron chi connectivity index (χ0n) is 69.9. The highest BCUT2D eigenvalue weighted by molar-refractivity contribution is 6.23. The fourth-order valence-electron chi connectivity index (χ4n) is 13.3. The SMILES string of the molecule is C#C/C(C#N)=c1\c(F)c(F)c2c(F)c(=C(C#N)C#N)c(F)c(F)c2c1F.C#Cc1c(F)c(F)c(C(C#N)=C2C(=C(C#N)c3c(F)c(F)c(C#N)c(F)c3F)C2=C(C#N)c2c(F)c(F)c(C#N)c(F)c2F)c(F)c1F.C#Cc1nc2c(cc1C#N)c1nc(C#N)c(C#N)cc1c1cc(C#N)c(C#N)nc12.C/C(C#N)=c1\c(F)c(C#N)/c(=C(/C)C#N)c(F)c1C#N.Cc1c(F)c(=C(C#N)C#N)c(F)c(F)c1=C(C#N)C#N. The van der Waals surface area contributed by atoms with Crippen LogP contribution in [0.4, 0.5) is 101 Å². The maximum atomic E-state index is 15.1. The van der Waals surface area contributed by atoms with Gasteiger partial charge >= 0.3 is 0 Å². The first kappa shape index (κ1) is 106. The maximum Gasteiger partial charge on any atom is 0.180 e. The molecule has 0 atom stereocenters. The number of allylic oxidation sites excluding steroid dienone is 6. The summed E-state index contributed by atoms with van der Waals surface area (Å²) in [5.74, 6) is -44.0. The molecule has 1 fully saturated rings. The van der Waals surface area contributed by atoms with Crippen LogP contribution in [0.2, 0.25) is 0 Å². The molecule has 24 nitrogen and oxygen atoms in total. The molecule has 684 valence electrons. The van der Waals surface area contributed by atoms with Gasteiger partial charge in [0.15, 0.2) is 128 Å². The molecule has 3 aromatic heterocycles. The zero-order valence-corrected chi connectivity index (χ0v) is 69.9. The highest BCUT2D eigenvalue weighted by Gasteiger charge is 2.47. The number of benzene rings is 8. The summed E-state index contributed by atoms with van der Waals surface area (Å²) in [7, 11) is 0. The standard InChI is InChI=1S/C31HF12N5.C22H4N8.C17HF6N3.C14H6F2N4.C13H3F3N4/c1-2-8-20(32)26(38)17(27(39)21(8)33)9(3-44)14-15(10(4-45)18-28(40)22(34)12(6-47)23(35)29(18)41)16(14)11(5-46)19-30(42)24(36)13(7-48)25(37)31(19)43;1-2-17-11(6-23)5-16-20-14(3-12(7-24)18(9-26)29-20)15-4-13(8-25)19(10-27)30-21(15)22(16)28-17;1-2-6(3-24)8-12(18)10-11(16(22)14(8)20)13(19)9(7(4-25)5-26)15(21)17(10)23;1-7(3-17)11-9(5-19)14(16)12(8(2)4-18)10(6-20)13(11)15;1-6-9(7(2-17)3-18)12(15)13(16)10(11(6)14)8(4-19)5-20/h1H;1,3-5H;1H;1-2H3;1H3/b;;8-6+;11-7+,12-8+;. The van der Waals surface area contributed by atoms with Crippen molar-refractivity contribution < 1.29 is 101 Å². The number of aromatic nitrogens is 3. The second-order valence-corrected chi connectivity index (χ2v) is 27.0. The normalized spacial score (nSPS) is 11.6. The second kappa shape index (κ2) is 42.9. The Bertz CT molecular complexity index is 8610. The van der Waals surface area contributed by atoms with Gasteiger partial charge in [0.25, 0.3) is 0 Å². The first-order valence-electron chi connectivity index (χ1n) is 36.7. The minimum atomic E-state index is -2.52. The van der Waals surface area contributed by atoms with Crippen molar-refractivity contribution in [1.82, 2.24) is 15.0 Å². The lowest BCUT2D eigenvalue weighted by molar-refractivity contribution is 0.446. The van der Waals surface area contributed by atoms with Crippen LogP contribution in [0, 0.1) is 416 Å². The van der Waals surface area contributed by atoms with E-state index in [0.717, 1.165) is 49.4 Å². The second-order valence-electron chi connectivity index (χ2n) is 27.0. The van der Waals surface area contributed by atoms with Crippen molar-refractivity contribution in [3.8, 4) is 164 Å². The highest BCUT2D eigenvalue weighted by Crippen LogP contribution is 2.58. The molecule has 1 saturated carbocycles. The highest BCUT2D eigenvalue weighted by atomic mass is 19.2. The zero-order chi connectivity index (χ0) is 108. The number of terminal acetylenes is 3. The van der Waals surface area contributed by atoms with Crippen LogP contribution in [0.5, 0.6) is 0 Å². The van der Waals surface area contributed by atoms with Gasteiger partial charge in [-0.1, -0.05) is 11.8 Å². The summed E-state index contributed by atoms with van der Waals surface area (Å²) in [6, 6.07) is 33.1. The smallest absolute Gasteiger partial charge is 0.180 e. The average Bonchev–Trinajstić information content (AvgIpc) is 1.54. The largest absolute Gasteiger partial charge is 0.236 e. The van der Waals surface area contributed by atoms with Crippen LogP contribution in [0.15, 0.2) is 34.9 Å². The van der Waals surface area contributed by atoms with Crippen LogP contribution < -0.4 is 31.3 Å². The van der Waals surface area contributed by atoms with Gasteiger partial charge in [-0.3, -0.25) is 0 Å². The molecule has 0 radical (unpaired) electrons. The van der Waals surface area contributed by atoms with Crippen molar-refractivity contribution in [3.63, 3.8) is 0 Å². The Morgan fingerprint density at radius 1 is 0.236 bits per heavy atom. The Morgan fingerprint density at radius 2 is 0.507 bits per heavy atom. The quantitative estimate of drug-likeness (QED) is 0.0521. The fraction of sp³-hybridized carbons (Fsp3) is 0.0309. The van der Waals surface area contributed by atoms with E-state index in [0.29, 0.717) is 21.7 Å². The number of nitriles is 21. The summed E-state index contributed by atoms with van der Waals surface area (Å²) in [4.78, 5) is 13.0. The number of rotatable bonds is 3. The monoisotopic (exact) mass is 1950 g/mol. The summed E-state index contributed by atoms with van der Waals surface area (Å²) in [6.45, 7) is 3.43. The predicted molar refractivity (Wildman–Crippen MR) is 437 cm³/mol. The minimum absolute atomic E-state index is 0.0411. The molecule has 0 N–H and O–H groups in total. The molecule has 1 aliphatic rings. The molecule has 11 aromatic rings. The molecule has 0 aliphatic heterocycles. The topological polar surface area (TPSA) is 538 Å². The predicted octanol–water partition coefficient (Wildman–Crippen LogP) is 14.1. The van der Waals surface area contributed by atoms with Crippen LogP contribution in [0.25, 0.3) is 93.6 Å². The van der Waals surface area contributed by atoms with E-state index in [4.69, 9.17) is 87.7 Å². The minimum Gasteiger partial charge on any atom is -0.236 e. The lowest BCUT2D eigenvalue weighted by atomic mass is 9.98. The Morgan fingerprint density at radius 3 is 0.799 bits per heavy atom. The fourth-order valence-corrected chi connectivity index (χ4v) is 13.3. The van der Waals surface area contributed by atoms with Gasteiger partial charge in [-0.2, -0.15) is 110 Å². The lowest BCUT2D eigenvalue weighted by Gasteiger charge is -2.11. The van der Waals surface area contributed by atoms with Gasteiger partial charge in [-0.15, -0.1) is 19.3 Å². The van der Waals surface area contributed by atoms with Crippen molar-refractivity contribution in [1.29, 1.82) is 110 Å². The summed E-state index contributed by atoms with van der Waals surface area (Å²) < 4.78 is 333. The molecule has 8 aromatic carbocycles. The third-order valence-corrected chi connectivity index (χ3v) is 19.8. The molecule has 0 saturated heterocycles. The van der Waals surface area contributed by atoms with E-state index in [1.165, 1.54) is 80.5 Å². The van der Waals surface area contributed by atoms with E-state index < -0.39 is 282 Å². The summed E-state index contributed by atoms with van der Waals surface area (Å²) in [6.07, 6.45) is 15.2. The number of halogens is 23. The number of fused-ring (bicyclic) bond motifs is 7. The summed E-state index contributed by atoms with van der Waals surface area (Å²) in [5.41, 5.74) is -26.5. The summed E-state index contributed by atoms with van der Waals surface area (Å²) in [5, 5.41) is 182. The summed E-state index contributed by atoms with van der Waals surface area (Å²) >= 11 is 0. The Kier molecular flexibility index (Phi) is 31.7. The molecule has 0 amide bonds. The van der Waals surface area contributed by atoms with E-state index >= 15 is 26.3 Å². The Hall–Kier alpha value is -22.9. The molecule has 12 rings (SSSR count). The van der Waals surface area contributed by atoms with Crippen molar-refractivity contribution in [3.05, 3.63) is 284 Å². The van der Waals surface area contributed by atoms with Gasteiger partial charge in [0.05, 0.1) is 111 Å². The molecule has 1 aliphatic carbocycles. The van der Waals surface area contributed by atoms with Crippen LogP contribution >= 0.6 is 0 Å². The van der Waals surface area contributed by atoms with Gasteiger partial charge < -0.3 is 0 Å². The van der Waals surface area contributed by atoms with Gasteiger partial charge in [0, 0.05) is 59.7 Å². The van der Waals surface area contributed by atoms with Crippen LogP contribution in [0.3, 0.4) is 0 Å². The van der Waals surface area contributed by atoms with E-state index in [1.807, 2.05) is 30.3 Å². The van der Waals surface area contributed by atoms with Crippen LogP contribution in [-0.4, -0.2) is 15.0 Å². The number of pyridine rings is 3. The van der Waals surface area contributed by atoms with Gasteiger partial charge in [0.1, 0.15) is 183 Å². The molecule has 3 heterocycles. The van der Waals surface area contributed by atoms with E-state index in [1.54, 1.807) is 18.1 Å². The molecular formula is C97H15F23N24. The van der Waals surface area contributed by atoms with E-state index in [2.05, 4.69) is 20.9 Å². The number of hydrogen-bond donors (Lipinski definition) is 0. The van der Waals surface area contributed by atoms with Crippen LogP contribution in [-0.2, 0) is 0 Å². The molecule has 144 heavy (non-hydrogen) atoms. The van der Waals surface area contributed by atoms with Crippen molar-refractivity contribution in [2.45, 2.75) is 20.8 Å². The Labute approximate surface area is 785 Å². The van der Waals surface area contributed by atoms with Crippen LogP contribution in [0.1, 0.15) is 97.7 Å². The van der Waals surface area contributed by atoms with Gasteiger partial charge in [-0.25, -0.2) is 116 Å². The molecule has 0 spiro atoms. The third kappa shape index (κ3) is 17.6. The first-order valence-corrected chi connectivity index (χ1v) is 36.7. The first-order chi connectivity index (χ1) is 68.3. The van der Waals surface area contributed by atoms with Crippen molar-refractivity contribution in [2.75, 3.05) is 0 Å². The van der Waals surface area contributed by atoms with Crippen molar-refractivity contribution in [2.24, 2.45) is 0 Å². The number of nitrogens with zero attached hydrogens (tertiary/aromatic N) is 24. The molecule has 0 bridgehead atoms. The van der Waals surface area contributed by atoms with Crippen molar-refractivity contribution >= 4 is 93.6 Å². The van der Waals surface area contributed by atoms with E-state index in [9.17, 15) is 117 Å². The Balaban J connectivity index is 0.000000230. The molecule has 47 heteroatoms. The molecular weight excluding hydrogens is 1940 g/mol. The molecule has 0 unspecified atom stereocenters.